The normalized spacial score (nSPS) is 16.7. The average molecular weight is 379 g/mol. The van der Waals surface area contributed by atoms with Gasteiger partial charge >= 0.3 is 0 Å². The molecule has 2 heterocycles. The van der Waals surface area contributed by atoms with E-state index in [4.69, 9.17) is 14.1 Å². The van der Waals surface area contributed by atoms with E-state index in [-0.39, 0.29) is 17.1 Å². The highest BCUT2D eigenvalue weighted by molar-refractivity contribution is 5.84. The lowest BCUT2D eigenvalue weighted by atomic mass is 9.82. The Hall–Kier alpha value is -2.49. The minimum Gasteiger partial charge on any atom is -0.468 e. The van der Waals surface area contributed by atoms with Gasteiger partial charge in [-0.15, -0.1) is 0 Å². The second-order valence-corrected chi connectivity index (χ2v) is 9.13. The maximum atomic E-state index is 6.16. The summed E-state index contributed by atoms with van der Waals surface area (Å²) in [5, 5.41) is 3.49. The largest absolute Gasteiger partial charge is 0.468 e. The van der Waals surface area contributed by atoms with Gasteiger partial charge in [-0.3, -0.25) is 0 Å². The topological polar surface area (TPSA) is 47.3 Å². The van der Waals surface area contributed by atoms with Crippen LogP contribution in [0, 0.1) is 5.41 Å². The molecule has 4 heteroatoms. The fourth-order valence-electron chi connectivity index (χ4n) is 3.39. The molecule has 1 aromatic heterocycles. The first-order chi connectivity index (χ1) is 13.2. The van der Waals surface area contributed by atoms with Crippen molar-refractivity contribution in [3.05, 3.63) is 42.0 Å². The van der Waals surface area contributed by atoms with Gasteiger partial charge in [0.15, 0.2) is 11.8 Å². The van der Waals surface area contributed by atoms with Crippen LogP contribution >= 0.6 is 0 Å². The van der Waals surface area contributed by atoms with E-state index >= 15 is 0 Å². The number of anilines is 1. The van der Waals surface area contributed by atoms with Crippen molar-refractivity contribution in [2.24, 2.45) is 5.41 Å². The third-order valence-corrected chi connectivity index (χ3v) is 6.44. The number of nitrogens with zero attached hydrogens (tertiary/aromatic N) is 1. The summed E-state index contributed by atoms with van der Waals surface area (Å²) in [7, 11) is 0. The molecule has 0 saturated carbocycles. The van der Waals surface area contributed by atoms with E-state index < -0.39 is 0 Å². The zero-order chi connectivity index (χ0) is 20.1. The SMILES string of the molecule is CCC(C)(C)c1ccc(-c2nc3cc4c(cc3o2)NC(C(C)(C)CC)O4)cc1. The Kier molecular flexibility index (Phi) is 4.40. The molecule has 4 nitrogen and oxygen atoms in total. The minimum atomic E-state index is -0.0343. The summed E-state index contributed by atoms with van der Waals surface area (Å²) in [5.74, 6) is 1.49. The predicted molar refractivity (Wildman–Crippen MR) is 115 cm³/mol. The van der Waals surface area contributed by atoms with Gasteiger partial charge in [0.1, 0.15) is 11.3 Å². The molecule has 1 N–H and O–H groups in total. The summed E-state index contributed by atoms with van der Waals surface area (Å²) in [6, 6.07) is 12.5. The monoisotopic (exact) mass is 378 g/mol. The first kappa shape index (κ1) is 18.9. The zero-order valence-electron chi connectivity index (χ0n) is 17.7. The van der Waals surface area contributed by atoms with Crippen LogP contribution in [0.15, 0.2) is 40.8 Å². The van der Waals surface area contributed by atoms with Gasteiger partial charge in [0.25, 0.3) is 0 Å². The molecule has 0 amide bonds. The Bertz CT molecular complexity index is 956. The summed E-state index contributed by atoms with van der Waals surface area (Å²) < 4.78 is 12.2. The third kappa shape index (κ3) is 3.15. The van der Waals surface area contributed by atoms with E-state index in [9.17, 15) is 0 Å². The standard InChI is InChI=1S/C24H30N2O2/c1-7-23(3,4)16-11-9-15(10-12-16)21-25-17-13-20-18(14-19(17)27-21)26-22(28-20)24(5,6)8-2/h9-14,22,26H,7-8H2,1-6H3. The van der Waals surface area contributed by atoms with Crippen molar-refractivity contribution in [2.45, 2.75) is 66.0 Å². The van der Waals surface area contributed by atoms with Crippen LogP contribution < -0.4 is 10.1 Å². The van der Waals surface area contributed by atoms with Crippen LogP contribution in [-0.2, 0) is 5.41 Å². The third-order valence-electron chi connectivity index (χ3n) is 6.44. The number of aromatic nitrogens is 1. The van der Waals surface area contributed by atoms with Crippen LogP contribution in [0.1, 0.15) is 59.9 Å². The number of hydrogen-bond acceptors (Lipinski definition) is 4. The second-order valence-electron chi connectivity index (χ2n) is 9.13. The van der Waals surface area contributed by atoms with Gasteiger partial charge in [0, 0.05) is 23.1 Å². The number of nitrogens with one attached hydrogen (secondary N) is 1. The molecular weight excluding hydrogens is 348 g/mol. The summed E-state index contributed by atoms with van der Waals surface area (Å²) in [6.45, 7) is 13.4. The average Bonchev–Trinajstić information content (AvgIpc) is 3.29. The lowest BCUT2D eigenvalue weighted by Crippen LogP contribution is -2.37. The fraction of sp³-hybridized carbons (Fsp3) is 0.458. The van der Waals surface area contributed by atoms with Crippen molar-refractivity contribution >= 4 is 16.8 Å². The molecular formula is C24H30N2O2. The highest BCUT2D eigenvalue weighted by Gasteiger charge is 2.35. The van der Waals surface area contributed by atoms with Gasteiger partial charge in [-0.05, 0) is 36.0 Å². The number of rotatable bonds is 5. The van der Waals surface area contributed by atoms with Crippen LogP contribution in [0.25, 0.3) is 22.6 Å². The first-order valence-electron chi connectivity index (χ1n) is 10.2. The molecule has 28 heavy (non-hydrogen) atoms. The maximum Gasteiger partial charge on any atom is 0.227 e. The highest BCUT2D eigenvalue weighted by Crippen LogP contribution is 2.42. The summed E-state index contributed by atoms with van der Waals surface area (Å²) in [5.41, 5.74) is 5.11. The molecule has 1 aliphatic rings. The van der Waals surface area contributed by atoms with Crippen molar-refractivity contribution in [3.8, 4) is 17.2 Å². The van der Waals surface area contributed by atoms with Crippen molar-refractivity contribution < 1.29 is 9.15 Å². The van der Waals surface area contributed by atoms with Gasteiger partial charge in [0.05, 0.1) is 5.69 Å². The van der Waals surface area contributed by atoms with Crippen molar-refractivity contribution in [2.75, 3.05) is 5.32 Å². The Morgan fingerprint density at radius 1 is 1.00 bits per heavy atom. The van der Waals surface area contributed by atoms with E-state index in [0.29, 0.717) is 5.89 Å². The second kappa shape index (κ2) is 6.54. The van der Waals surface area contributed by atoms with Crippen LogP contribution in [-0.4, -0.2) is 11.2 Å². The number of hydrogen-bond donors (Lipinski definition) is 1. The Balaban J connectivity index is 1.63. The molecule has 0 spiro atoms. The lowest BCUT2D eigenvalue weighted by molar-refractivity contribution is 0.108. The van der Waals surface area contributed by atoms with Crippen LogP contribution in [0.5, 0.6) is 5.75 Å². The van der Waals surface area contributed by atoms with Gasteiger partial charge in [-0.1, -0.05) is 53.7 Å². The quantitative estimate of drug-likeness (QED) is 0.533. The Morgan fingerprint density at radius 3 is 2.36 bits per heavy atom. The molecule has 0 fully saturated rings. The molecule has 4 rings (SSSR count). The van der Waals surface area contributed by atoms with Gasteiger partial charge in [0.2, 0.25) is 5.89 Å². The number of benzene rings is 2. The van der Waals surface area contributed by atoms with E-state index in [1.165, 1.54) is 5.56 Å². The molecule has 3 aromatic rings. The van der Waals surface area contributed by atoms with Gasteiger partial charge < -0.3 is 14.5 Å². The van der Waals surface area contributed by atoms with Gasteiger partial charge in [-0.25, -0.2) is 4.98 Å². The summed E-state index contributed by atoms with van der Waals surface area (Å²) in [6.07, 6.45) is 2.10. The predicted octanol–water partition coefficient (Wildman–Crippen LogP) is 6.75. The fourth-order valence-corrected chi connectivity index (χ4v) is 3.39. The first-order valence-corrected chi connectivity index (χ1v) is 10.2. The van der Waals surface area contributed by atoms with Gasteiger partial charge in [-0.2, -0.15) is 0 Å². The van der Waals surface area contributed by atoms with Crippen molar-refractivity contribution in [3.63, 3.8) is 0 Å². The van der Waals surface area contributed by atoms with Crippen LogP contribution in [0.4, 0.5) is 5.69 Å². The number of ether oxygens (including phenoxy) is 1. The molecule has 1 unspecified atom stereocenters. The Labute approximate surface area is 167 Å². The molecule has 148 valence electrons. The van der Waals surface area contributed by atoms with E-state index in [1.807, 2.05) is 12.1 Å². The minimum absolute atomic E-state index is 0.0343. The lowest BCUT2D eigenvalue weighted by Gasteiger charge is -2.29. The number of oxazole rings is 1. The molecule has 0 bridgehead atoms. The molecule has 0 saturated heterocycles. The molecule has 1 aliphatic heterocycles. The number of fused-ring (bicyclic) bond motifs is 2. The highest BCUT2D eigenvalue weighted by atomic mass is 16.5. The zero-order valence-corrected chi connectivity index (χ0v) is 17.7. The van der Waals surface area contributed by atoms with Crippen LogP contribution in [0.2, 0.25) is 0 Å². The van der Waals surface area contributed by atoms with E-state index in [2.05, 4.69) is 71.1 Å². The Morgan fingerprint density at radius 2 is 1.71 bits per heavy atom. The maximum absolute atomic E-state index is 6.16. The van der Waals surface area contributed by atoms with Crippen LogP contribution in [0.3, 0.4) is 0 Å². The van der Waals surface area contributed by atoms with Crippen molar-refractivity contribution in [1.82, 2.24) is 4.98 Å². The summed E-state index contributed by atoms with van der Waals surface area (Å²) >= 11 is 0. The van der Waals surface area contributed by atoms with E-state index in [1.54, 1.807) is 0 Å². The molecule has 1 atom stereocenters. The smallest absolute Gasteiger partial charge is 0.227 e. The summed E-state index contributed by atoms with van der Waals surface area (Å²) in [4.78, 5) is 4.71. The van der Waals surface area contributed by atoms with E-state index in [0.717, 1.165) is 40.9 Å². The molecule has 2 aromatic carbocycles. The molecule has 0 aliphatic carbocycles. The molecule has 0 radical (unpaired) electrons. The van der Waals surface area contributed by atoms with Crippen molar-refractivity contribution in [1.29, 1.82) is 0 Å².